The van der Waals surface area contributed by atoms with Gasteiger partial charge < -0.3 is 14.6 Å². The topological polar surface area (TPSA) is 90.3 Å². The van der Waals surface area contributed by atoms with Gasteiger partial charge >= 0.3 is 5.97 Å². The van der Waals surface area contributed by atoms with Crippen LogP contribution in [0, 0.1) is 6.92 Å². The summed E-state index contributed by atoms with van der Waals surface area (Å²) in [6, 6.07) is 16.1. The van der Waals surface area contributed by atoms with Gasteiger partial charge in [-0.2, -0.15) is 0 Å². The summed E-state index contributed by atoms with van der Waals surface area (Å²) in [6.07, 6.45) is 3.40. The molecule has 0 unspecified atom stereocenters. The van der Waals surface area contributed by atoms with Gasteiger partial charge in [-0.15, -0.1) is 0 Å². The molecule has 7 nitrogen and oxygen atoms in total. The first kappa shape index (κ1) is 22.0. The third-order valence-corrected chi connectivity index (χ3v) is 4.85. The summed E-state index contributed by atoms with van der Waals surface area (Å²) in [4.78, 5) is 40.9. The maximum absolute atomic E-state index is 12.4. The van der Waals surface area contributed by atoms with Gasteiger partial charge in [0, 0.05) is 31.4 Å². The molecular weight excluding hydrogens is 394 g/mol. The van der Waals surface area contributed by atoms with Crippen molar-refractivity contribution in [3.05, 3.63) is 89.5 Å². The van der Waals surface area contributed by atoms with Crippen molar-refractivity contribution in [3.63, 3.8) is 0 Å². The highest BCUT2D eigenvalue weighted by atomic mass is 16.5. The number of nitrogens with one attached hydrogen (secondary N) is 1. The average molecular weight is 419 g/mol. The summed E-state index contributed by atoms with van der Waals surface area (Å²) in [5.74, 6) is -0.520. The molecule has 0 saturated carbocycles. The summed E-state index contributed by atoms with van der Waals surface area (Å²) in [6.45, 7) is 1.51. The van der Waals surface area contributed by atoms with Gasteiger partial charge in [-0.05, 0) is 12.5 Å². The minimum atomic E-state index is -0.594. The normalized spacial score (nSPS) is 11.5. The molecule has 0 aliphatic heterocycles. The molecule has 31 heavy (non-hydrogen) atoms. The zero-order valence-corrected chi connectivity index (χ0v) is 17.6. The number of benzene rings is 2. The van der Waals surface area contributed by atoms with Crippen molar-refractivity contribution >= 4 is 17.7 Å². The molecule has 1 N–H and O–H groups in total. The fourth-order valence-electron chi connectivity index (χ4n) is 3.12. The minimum absolute atomic E-state index is 0.0312. The molecule has 0 saturated heterocycles. The molecule has 0 radical (unpaired) electrons. The molecule has 3 rings (SSSR count). The predicted octanol–water partition coefficient (Wildman–Crippen LogP) is 3.14. The number of imidazole rings is 1. The Morgan fingerprint density at radius 3 is 2.39 bits per heavy atom. The van der Waals surface area contributed by atoms with Crippen LogP contribution in [0.5, 0.6) is 0 Å². The Bertz CT molecular complexity index is 1040. The number of ketones is 1. The highest BCUT2D eigenvalue weighted by Crippen LogP contribution is 2.20. The first-order chi connectivity index (χ1) is 14.9. The number of hydrogen-bond donors (Lipinski definition) is 1. The van der Waals surface area contributed by atoms with E-state index < -0.39 is 24.5 Å². The lowest BCUT2D eigenvalue weighted by Gasteiger charge is -2.19. The van der Waals surface area contributed by atoms with Crippen molar-refractivity contribution < 1.29 is 19.1 Å². The minimum Gasteiger partial charge on any atom is -0.456 e. The Morgan fingerprint density at radius 2 is 1.74 bits per heavy atom. The van der Waals surface area contributed by atoms with Gasteiger partial charge in [0.1, 0.15) is 11.9 Å². The maximum Gasteiger partial charge on any atom is 0.306 e. The van der Waals surface area contributed by atoms with E-state index >= 15 is 0 Å². The van der Waals surface area contributed by atoms with Crippen molar-refractivity contribution in [2.24, 2.45) is 7.05 Å². The van der Waals surface area contributed by atoms with E-state index in [9.17, 15) is 14.4 Å². The third kappa shape index (κ3) is 6.12. The van der Waals surface area contributed by atoms with Gasteiger partial charge in [0.05, 0.1) is 6.42 Å². The number of rotatable bonds is 9. The van der Waals surface area contributed by atoms with Crippen molar-refractivity contribution in [1.29, 1.82) is 0 Å². The van der Waals surface area contributed by atoms with Crippen LogP contribution in [-0.2, 0) is 21.4 Å². The number of amides is 1. The molecule has 160 valence electrons. The lowest BCUT2D eigenvalue weighted by atomic mass is 10.1. The number of Topliss-reactive ketones (excluding diaryl/α,β-unsaturated/α-hetero) is 1. The van der Waals surface area contributed by atoms with E-state index in [4.69, 9.17) is 4.74 Å². The van der Waals surface area contributed by atoms with Crippen LogP contribution in [0.25, 0.3) is 0 Å². The Kier molecular flexibility index (Phi) is 7.32. The van der Waals surface area contributed by atoms with Crippen molar-refractivity contribution in [3.8, 4) is 0 Å². The third-order valence-electron chi connectivity index (χ3n) is 4.85. The van der Waals surface area contributed by atoms with E-state index in [2.05, 4.69) is 10.3 Å². The van der Waals surface area contributed by atoms with Crippen LogP contribution in [0.3, 0.4) is 0 Å². The molecule has 1 heterocycles. The summed E-state index contributed by atoms with van der Waals surface area (Å²) in [5.41, 5.74) is 2.47. The number of nitrogens with zero attached hydrogens (tertiary/aromatic N) is 2. The van der Waals surface area contributed by atoms with Gasteiger partial charge in [-0.25, -0.2) is 4.98 Å². The molecule has 0 bridgehead atoms. The van der Waals surface area contributed by atoms with E-state index in [1.165, 1.54) is 0 Å². The van der Waals surface area contributed by atoms with Gasteiger partial charge in [-0.1, -0.05) is 60.2 Å². The van der Waals surface area contributed by atoms with Crippen LogP contribution in [0.2, 0.25) is 0 Å². The number of carbonyl (C=O) groups excluding carboxylic acids is 3. The molecule has 1 atom stereocenters. The summed E-state index contributed by atoms with van der Waals surface area (Å²) < 4.78 is 6.88. The number of aromatic nitrogens is 2. The molecular formula is C24H25N3O4. The maximum atomic E-state index is 12.4. The van der Waals surface area contributed by atoms with Crippen LogP contribution in [0.15, 0.2) is 67.0 Å². The second kappa shape index (κ2) is 10.3. The molecule has 0 spiro atoms. The van der Waals surface area contributed by atoms with E-state index in [0.29, 0.717) is 11.4 Å². The molecule has 0 fully saturated rings. The zero-order chi connectivity index (χ0) is 22.2. The van der Waals surface area contributed by atoms with Gasteiger partial charge in [-0.3, -0.25) is 14.4 Å². The summed E-state index contributed by atoms with van der Waals surface area (Å²) in [7, 11) is 1.84. The fourth-order valence-corrected chi connectivity index (χ4v) is 3.12. The zero-order valence-electron chi connectivity index (χ0n) is 17.6. The SMILES string of the molecule is Cc1ccc(C(=O)CCC(=O)OCC(=O)N[C@H](c2ccccc2)c2nccn2C)cc1. The average Bonchev–Trinajstić information content (AvgIpc) is 3.21. The van der Waals surface area contributed by atoms with Crippen LogP contribution >= 0.6 is 0 Å². The number of aryl methyl sites for hydroxylation is 2. The molecule has 1 amide bonds. The highest BCUT2D eigenvalue weighted by molar-refractivity contribution is 5.97. The molecule has 7 heteroatoms. The highest BCUT2D eigenvalue weighted by Gasteiger charge is 2.21. The predicted molar refractivity (Wildman–Crippen MR) is 115 cm³/mol. The van der Waals surface area contributed by atoms with Crippen LogP contribution < -0.4 is 5.32 Å². The Hall–Kier alpha value is -3.74. The molecule has 2 aromatic carbocycles. The second-order valence-corrected chi connectivity index (χ2v) is 7.26. The molecule has 0 aliphatic rings. The summed E-state index contributed by atoms with van der Waals surface area (Å²) in [5, 5.41) is 2.86. The van der Waals surface area contributed by atoms with E-state index in [1.807, 2.05) is 61.0 Å². The monoisotopic (exact) mass is 419 g/mol. The standard InChI is InChI=1S/C24H25N3O4/c1-17-8-10-18(11-9-17)20(28)12-13-22(30)31-16-21(29)26-23(19-6-4-3-5-7-19)24-25-14-15-27(24)2/h3-11,14-15,23H,12-13,16H2,1-2H3,(H,26,29)/t23-/m1/s1. The Labute approximate surface area is 181 Å². The van der Waals surface area contributed by atoms with E-state index in [1.54, 1.807) is 24.5 Å². The Balaban J connectivity index is 1.52. The first-order valence-electron chi connectivity index (χ1n) is 10.0. The van der Waals surface area contributed by atoms with Crippen LogP contribution in [-0.4, -0.2) is 33.8 Å². The number of ether oxygens (including phenoxy) is 1. The van der Waals surface area contributed by atoms with E-state index in [-0.39, 0.29) is 18.6 Å². The number of carbonyl (C=O) groups is 3. The Morgan fingerprint density at radius 1 is 1.03 bits per heavy atom. The fraction of sp³-hybridized carbons (Fsp3) is 0.250. The van der Waals surface area contributed by atoms with Gasteiger partial charge in [0.15, 0.2) is 12.4 Å². The second-order valence-electron chi connectivity index (χ2n) is 7.26. The van der Waals surface area contributed by atoms with Gasteiger partial charge in [0.2, 0.25) is 0 Å². The van der Waals surface area contributed by atoms with Crippen LogP contribution in [0.1, 0.15) is 46.2 Å². The lowest BCUT2D eigenvalue weighted by molar-refractivity contribution is -0.148. The van der Waals surface area contributed by atoms with Crippen molar-refractivity contribution in [1.82, 2.24) is 14.9 Å². The number of hydrogen-bond acceptors (Lipinski definition) is 5. The number of esters is 1. The van der Waals surface area contributed by atoms with E-state index in [0.717, 1.165) is 11.1 Å². The quantitative estimate of drug-likeness (QED) is 0.425. The van der Waals surface area contributed by atoms with Crippen LogP contribution in [0.4, 0.5) is 0 Å². The van der Waals surface area contributed by atoms with Gasteiger partial charge in [0.25, 0.3) is 5.91 Å². The first-order valence-corrected chi connectivity index (χ1v) is 10.0. The molecule has 0 aliphatic carbocycles. The molecule has 1 aromatic heterocycles. The molecule has 3 aromatic rings. The smallest absolute Gasteiger partial charge is 0.306 e. The summed E-state index contributed by atoms with van der Waals surface area (Å²) >= 11 is 0. The largest absolute Gasteiger partial charge is 0.456 e. The van der Waals surface area contributed by atoms with Crippen molar-refractivity contribution in [2.75, 3.05) is 6.61 Å². The lowest BCUT2D eigenvalue weighted by Crippen LogP contribution is -2.34. The van der Waals surface area contributed by atoms with Crippen molar-refractivity contribution in [2.45, 2.75) is 25.8 Å².